The average Bonchev–Trinajstić information content (AvgIpc) is 2.68. The van der Waals surface area contributed by atoms with Crippen molar-refractivity contribution in [2.75, 3.05) is 18.0 Å². The lowest BCUT2D eigenvalue weighted by Gasteiger charge is -2.34. The molecular formula is C19H24F3N3O3. The van der Waals surface area contributed by atoms with Gasteiger partial charge >= 0.3 is 6.18 Å². The van der Waals surface area contributed by atoms with Gasteiger partial charge in [-0.2, -0.15) is 13.2 Å². The Morgan fingerprint density at radius 2 is 1.75 bits per heavy atom. The predicted molar refractivity (Wildman–Crippen MR) is 98.1 cm³/mol. The third-order valence-corrected chi connectivity index (χ3v) is 5.66. The maximum absolute atomic E-state index is 12.9. The molecule has 1 heterocycles. The summed E-state index contributed by atoms with van der Waals surface area (Å²) in [4.78, 5) is 24.6. The van der Waals surface area contributed by atoms with E-state index in [1.54, 1.807) is 4.90 Å². The van der Waals surface area contributed by atoms with Gasteiger partial charge in [-0.05, 0) is 37.8 Å². The second-order valence-electron chi connectivity index (χ2n) is 7.56. The molecule has 154 valence electrons. The highest BCUT2D eigenvalue weighted by Crippen LogP contribution is 2.37. The van der Waals surface area contributed by atoms with Gasteiger partial charge in [-0.3, -0.25) is 14.9 Å². The van der Waals surface area contributed by atoms with Crippen molar-refractivity contribution in [3.63, 3.8) is 0 Å². The van der Waals surface area contributed by atoms with E-state index < -0.39 is 22.4 Å². The summed E-state index contributed by atoms with van der Waals surface area (Å²) in [7, 11) is 0. The van der Waals surface area contributed by atoms with Crippen molar-refractivity contribution in [3.8, 4) is 0 Å². The van der Waals surface area contributed by atoms with Gasteiger partial charge in [0.2, 0.25) is 5.91 Å². The molecule has 1 aliphatic carbocycles. The summed E-state index contributed by atoms with van der Waals surface area (Å²) < 4.78 is 38.6. The second kappa shape index (κ2) is 8.36. The molecule has 6 nitrogen and oxygen atoms in total. The Balaban J connectivity index is 1.63. The number of hydrogen-bond donors (Lipinski definition) is 1. The zero-order valence-electron chi connectivity index (χ0n) is 15.5. The van der Waals surface area contributed by atoms with Crippen molar-refractivity contribution >= 4 is 17.3 Å². The summed E-state index contributed by atoms with van der Waals surface area (Å²) in [6.07, 6.45) is 1.76. The molecule has 1 saturated carbocycles. The van der Waals surface area contributed by atoms with Crippen molar-refractivity contribution in [2.24, 2.45) is 5.92 Å². The molecule has 1 aromatic carbocycles. The van der Waals surface area contributed by atoms with Crippen LogP contribution in [0.5, 0.6) is 0 Å². The molecule has 0 unspecified atom stereocenters. The van der Waals surface area contributed by atoms with Crippen LogP contribution in [-0.2, 0) is 11.0 Å². The normalized spacial score (nSPS) is 19.5. The standard InChI is InChI=1S/C19H24F3N3O3/c20-19(21,22)14-6-7-16(17(12-14)25(27)28)24-10-8-15(9-11-24)23-18(26)13-4-2-1-3-5-13/h6-7,12-13,15H,1-5,8-11H2,(H,23,26). The van der Waals surface area contributed by atoms with Gasteiger partial charge in [-0.15, -0.1) is 0 Å². The van der Waals surface area contributed by atoms with Crippen LogP contribution in [0.15, 0.2) is 18.2 Å². The van der Waals surface area contributed by atoms with Crippen molar-refractivity contribution < 1.29 is 22.9 Å². The number of carbonyl (C=O) groups excluding carboxylic acids is 1. The Hall–Kier alpha value is -2.32. The molecule has 0 atom stereocenters. The topological polar surface area (TPSA) is 75.5 Å². The summed E-state index contributed by atoms with van der Waals surface area (Å²) in [6, 6.07) is 2.63. The first kappa shape index (κ1) is 20.4. The van der Waals surface area contributed by atoms with Gasteiger partial charge in [0.25, 0.3) is 5.69 Å². The quantitative estimate of drug-likeness (QED) is 0.606. The fourth-order valence-electron chi connectivity index (χ4n) is 4.06. The molecule has 3 rings (SSSR count). The van der Waals surface area contributed by atoms with Crippen LogP contribution in [0.25, 0.3) is 0 Å². The van der Waals surface area contributed by atoms with E-state index in [9.17, 15) is 28.1 Å². The molecular weight excluding hydrogens is 375 g/mol. The fourth-order valence-corrected chi connectivity index (χ4v) is 4.06. The molecule has 28 heavy (non-hydrogen) atoms. The number of nitro benzene ring substituents is 1. The molecule has 2 fully saturated rings. The summed E-state index contributed by atoms with van der Waals surface area (Å²) >= 11 is 0. The third-order valence-electron chi connectivity index (χ3n) is 5.66. The highest BCUT2D eigenvalue weighted by Gasteiger charge is 2.34. The first-order chi connectivity index (χ1) is 13.3. The number of nitrogens with one attached hydrogen (secondary N) is 1. The number of carbonyl (C=O) groups is 1. The van der Waals surface area contributed by atoms with E-state index >= 15 is 0 Å². The number of hydrogen-bond acceptors (Lipinski definition) is 4. The maximum Gasteiger partial charge on any atom is 0.416 e. The predicted octanol–water partition coefficient (Wildman–Crippen LogP) is 4.28. The Kier molecular flexibility index (Phi) is 6.10. The minimum absolute atomic E-state index is 0.000758. The van der Waals surface area contributed by atoms with Gasteiger partial charge < -0.3 is 10.2 Å². The molecule has 0 aromatic heterocycles. The lowest BCUT2D eigenvalue weighted by molar-refractivity contribution is -0.384. The first-order valence-electron chi connectivity index (χ1n) is 9.66. The van der Waals surface area contributed by atoms with E-state index in [0.29, 0.717) is 32.0 Å². The van der Waals surface area contributed by atoms with Gasteiger partial charge in [-0.25, -0.2) is 0 Å². The van der Waals surface area contributed by atoms with Crippen molar-refractivity contribution in [3.05, 3.63) is 33.9 Å². The largest absolute Gasteiger partial charge is 0.416 e. The Labute approximate surface area is 161 Å². The average molecular weight is 399 g/mol. The minimum atomic E-state index is -4.63. The molecule has 0 radical (unpaired) electrons. The number of nitro groups is 1. The Morgan fingerprint density at radius 3 is 2.32 bits per heavy atom. The van der Waals surface area contributed by atoms with Crippen LogP contribution in [-0.4, -0.2) is 30.0 Å². The zero-order valence-corrected chi connectivity index (χ0v) is 15.5. The number of amides is 1. The molecule has 0 spiro atoms. The minimum Gasteiger partial charge on any atom is -0.366 e. The van der Waals surface area contributed by atoms with Crippen molar-refractivity contribution in [2.45, 2.75) is 57.2 Å². The molecule has 9 heteroatoms. The van der Waals surface area contributed by atoms with E-state index in [4.69, 9.17) is 0 Å². The number of anilines is 1. The van der Waals surface area contributed by atoms with E-state index in [1.807, 2.05) is 0 Å². The SMILES string of the molecule is O=C(NC1CCN(c2ccc(C(F)(F)F)cc2[N+](=O)[O-])CC1)C1CCCCC1. The summed E-state index contributed by atoms with van der Waals surface area (Å²) in [5.74, 6) is 0.154. The number of alkyl halides is 3. The lowest BCUT2D eigenvalue weighted by atomic mass is 9.88. The summed E-state index contributed by atoms with van der Waals surface area (Å²) in [5, 5.41) is 14.4. The van der Waals surface area contributed by atoms with Crippen LogP contribution in [0.3, 0.4) is 0 Å². The van der Waals surface area contributed by atoms with Gasteiger partial charge in [0, 0.05) is 31.1 Å². The van der Waals surface area contributed by atoms with Gasteiger partial charge in [0.15, 0.2) is 0 Å². The third kappa shape index (κ3) is 4.74. The fraction of sp³-hybridized carbons (Fsp3) is 0.632. The van der Waals surface area contributed by atoms with E-state index in [0.717, 1.165) is 31.7 Å². The van der Waals surface area contributed by atoms with Gasteiger partial charge in [0.1, 0.15) is 5.69 Å². The number of halogens is 3. The number of nitrogens with zero attached hydrogens (tertiary/aromatic N) is 2. The van der Waals surface area contributed by atoms with Gasteiger partial charge in [-0.1, -0.05) is 19.3 Å². The number of piperidine rings is 1. The van der Waals surface area contributed by atoms with Crippen molar-refractivity contribution in [1.29, 1.82) is 0 Å². The van der Waals surface area contributed by atoms with Crippen molar-refractivity contribution in [1.82, 2.24) is 5.32 Å². The molecule has 1 saturated heterocycles. The monoisotopic (exact) mass is 399 g/mol. The van der Waals surface area contributed by atoms with Crippen LogP contribution in [0.1, 0.15) is 50.5 Å². The maximum atomic E-state index is 12.9. The highest BCUT2D eigenvalue weighted by molar-refractivity contribution is 5.79. The summed E-state index contributed by atoms with van der Waals surface area (Å²) in [6.45, 7) is 0.892. The van der Waals surface area contributed by atoms with Crippen LogP contribution in [0.4, 0.5) is 24.5 Å². The molecule has 1 N–H and O–H groups in total. The van der Waals surface area contributed by atoms with E-state index in [-0.39, 0.29) is 23.6 Å². The number of benzene rings is 1. The summed E-state index contributed by atoms with van der Waals surface area (Å²) in [5.41, 5.74) is -1.38. The van der Waals surface area contributed by atoms with E-state index in [1.165, 1.54) is 12.5 Å². The molecule has 0 bridgehead atoms. The van der Waals surface area contributed by atoms with Crippen LogP contribution < -0.4 is 10.2 Å². The molecule has 1 aromatic rings. The molecule has 1 amide bonds. The smallest absolute Gasteiger partial charge is 0.366 e. The van der Waals surface area contributed by atoms with Crippen LogP contribution >= 0.6 is 0 Å². The number of rotatable bonds is 4. The molecule has 1 aliphatic heterocycles. The van der Waals surface area contributed by atoms with E-state index in [2.05, 4.69) is 5.32 Å². The van der Waals surface area contributed by atoms with Crippen LogP contribution in [0.2, 0.25) is 0 Å². The second-order valence-corrected chi connectivity index (χ2v) is 7.56. The molecule has 2 aliphatic rings. The zero-order chi connectivity index (χ0) is 20.3. The highest BCUT2D eigenvalue weighted by atomic mass is 19.4. The van der Waals surface area contributed by atoms with Crippen LogP contribution in [0, 0.1) is 16.0 Å². The lowest BCUT2D eigenvalue weighted by Crippen LogP contribution is -2.46. The first-order valence-corrected chi connectivity index (χ1v) is 9.66. The van der Waals surface area contributed by atoms with Gasteiger partial charge in [0.05, 0.1) is 10.5 Å². The Morgan fingerprint density at radius 1 is 1.11 bits per heavy atom. The Bertz CT molecular complexity index is 725.